The van der Waals surface area contributed by atoms with Gasteiger partial charge in [0.05, 0.1) is 5.69 Å². The van der Waals surface area contributed by atoms with E-state index in [2.05, 4.69) is 24.0 Å². The van der Waals surface area contributed by atoms with Gasteiger partial charge in [0.1, 0.15) is 6.10 Å². The van der Waals surface area contributed by atoms with Gasteiger partial charge in [-0.05, 0) is 37.3 Å². The standard InChI is InChI=1S/C14H21NO/c1-2-11-16-14(12-7-3-4-8-12)13-9-5-6-10-15-13/h5-6,9-10,12,14H,2-4,7-8,11H2,1H3. The van der Waals surface area contributed by atoms with Crippen molar-refractivity contribution in [2.75, 3.05) is 6.61 Å². The van der Waals surface area contributed by atoms with Crippen LogP contribution < -0.4 is 0 Å². The van der Waals surface area contributed by atoms with Gasteiger partial charge in [-0.25, -0.2) is 0 Å². The molecule has 1 aromatic rings. The minimum absolute atomic E-state index is 0.226. The van der Waals surface area contributed by atoms with Crippen molar-refractivity contribution in [2.45, 2.75) is 45.1 Å². The Hall–Kier alpha value is -0.890. The van der Waals surface area contributed by atoms with Gasteiger partial charge in [-0.1, -0.05) is 25.8 Å². The summed E-state index contributed by atoms with van der Waals surface area (Å²) >= 11 is 0. The van der Waals surface area contributed by atoms with E-state index in [1.54, 1.807) is 0 Å². The Labute approximate surface area is 98.0 Å². The Kier molecular flexibility index (Phi) is 4.34. The van der Waals surface area contributed by atoms with Crippen LogP contribution in [0.5, 0.6) is 0 Å². The first kappa shape index (κ1) is 11.6. The van der Waals surface area contributed by atoms with Gasteiger partial charge in [-0.15, -0.1) is 0 Å². The first-order chi connectivity index (χ1) is 7.92. The predicted octanol–water partition coefficient (Wildman–Crippen LogP) is 3.74. The molecule has 0 aliphatic heterocycles. The quantitative estimate of drug-likeness (QED) is 0.752. The van der Waals surface area contributed by atoms with Gasteiger partial charge in [-0.3, -0.25) is 4.98 Å². The summed E-state index contributed by atoms with van der Waals surface area (Å²) in [6, 6.07) is 6.12. The van der Waals surface area contributed by atoms with Crippen LogP contribution in [-0.4, -0.2) is 11.6 Å². The molecule has 1 aliphatic carbocycles. The summed E-state index contributed by atoms with van der Waals surface area (Å²) in [5.41, 5.74) is 1.11. The van der Waals surface area contributed by atoms with Crippen LogP contribution in [-0.2, 0) is 4.74 Å². The normalized spacial score (nSPS) is 18.8. The minimum atomic E-state index is 0.226. The van der Waals surface area contributed by atoms with Crippen molar-refractivity contribution in [1.29, 1.82) is 0 Å². The zero-order chi connectivity index (χ0) is 11.2. The zero-order valence-electron chi connectivity index (χ0n) is 10.1. The molecule has 2 nitrogen and oxygen atoms in total. The van der Waals surface area contributed by atoms with E-state index in [4.69, 9.17) is 4.74 Å². The summed E-state index contributed by atoms with van der Waals surface area (Å²) < 4.78 is 6.00. The van der Waals surface area contributed by atoms with E-state index in [1.165, 1.54) is 25.7 Å². The van der Waals surface area contributed by atoms with Crippen LogP contribution in [0.2, 0.25) is 0 Å². The van der Waals surface area contributed by atoms with Crippen molar-refractivity contribution in [3.63, 3.8) is 0 Å². The van der Waals surface area contributed by atoms with Crippen molar-refractivity contribution < 1.29 is 4.74 Å². The molecule has 1 unspecified atom stereocenters. The zero-order valence-corrected chi connectivity index (χ0v) is 10.1. The second-order valence-electron chi connectivity index (χ2n) is 4.59. The molecule has 1 fully saturated rings. The molecular formula is C14H21NO. The topological polar surface area (TPSA) is 22.1 Å². The Morgan fingerprint density at radius 2 is 2.19 bits per heavy atom. The molecule has 1 heterocycles. The van der Waals surface area contributed by atoms with Gasteiger partial charge >= 0.3 is 0 Å². The first-order valence-corrected chi connectivity index (χ1v) is 6.44. The van der Waals surface area contributed by atoms with E-state index >= 15 is 0 Å². The van der Waals surface area contributed by atoms with Crippen LogP contribution in [0.3, 0.4) is 0 Å². The molecule has 0 radical (unpaired) electrons. The minimum Gasteiger partial charge on any atom is -0.372 e. The second kappa shape index (κ2) is 6.00. The molecule has 0 amide bonds. The Balaban J connectivity index is 2.07. The van der Waals surface area contributed by atoms with Crippen LogP contribution in [0.4, 0.5) is 0 Å². The van der Waals surface area contributed by atoms with E-state index in [0.717, 1.165) is 18.7 Å². The second-order valence-corrected chi connectivity index (χ2v) is 4.59. The maximum absolute atomic E-state index is 6.00. The van der Waals surface area contributed by atoms with Crippen LogP contribution in [0.25, 0.3) is 0 Å². The molecule has 2 heteroatoms. The average Bonchev–Trinajstić information content (AvgIpc) is 2.85. The molecule has 0 aromatic carbocycles. The smallest absolute Gasteiger partial charge is 0.102 e. The van der Waals surface area contributed by atoms with E-state index in [0.29, 0.717) is 5.92 Å². The van der Waals surface area contributed by atoms with Gasteiger partial charge in [0.15, 0.2) is 0 Å². The summed E-state index contributed by atoms with van der Waals surface area (Å²) in [5.74, 6) is 0.682. The third-order valence-electron chi connectivity index (χ3n) is 3.31. The maximum Gasteiger partial charge on any atom is 0.102 e. The maximum atomic E-state index is 6.00. The molecule has 0 bridgehead atoms. The third-order valence-corrected chi connectivity index (χ3v) is 3.31. The van der Waals surface area contributed by atoms with Crippen LogP contribution >= 0.6 is 0 Å². The van der Waals surface area contributed by atoms with Gasteiger partial charge in [0.2, 0.25) is 0 Å². The summed E-state index contributed by atoms with van der Waals surface area (Å²) in [7, 11) is 0. The molecule has 0 N–H and O–H groups in total. The highest BCUT2D eigenvalue weighted by Crippen LogP contribution is 2.37. The molecule has 1 saturated carbocycles. The van der Waals surface area contributed by atoms with Crippen molar-refractivity contribution in [2.24, 2.45) is 5.92 Å². The predicted molar refractivity (Wildman–Crippen MR) is 65.2 cm³/mol. The van der Waals surface area contributed by atoms with Crippen molar-refractivity contribution in [3.8, 4) is 0 Å². The van der Waals surface area contributed by atoms with Gasteiger partial charge in [0, 0.05) is 12.8 Å². The fraction of sp³-hybridized carbons (Fsp3) is 0.643. The van der Waals surface area contributed by atoms with Crippen molar-refractivity contribution in [1.82, 2.24) is 4.98 Å². The number of rotatable bonds is 5. The molecule has 16 heavy (non-hydrogen) atoms. The lowest BCUT2D eigenvalue weighted by atomic mass is 9.97. The van der Waals surface area contributed by atoms with Gasteiger partial charge in [0.25, 0.3) is 0 Å². The molecule has 0 spiro atoms. The first-order valence-electron chi connectivity index (χ1n) is 6.44. The van der Waals surface area contributed by atoms with E-state index in [-0.39, 0.29) is 6.10 Å². The molecular weight excluding hydrogens is 198 g/mol. The lowest BCUT2D eigenvalue weighted by Crippen LogP contribution is -2.15. The summed E-state index contributed by atoms with van der Waals surface area (Å²) in [6.45, 7) is 3.00. The summed E-state index contributed by atoms with van der Waals surface area (Å²) in [4.78, 5) is 4.45. The molecule has 0 saturated heterocycles. The van der Waals surface area contributed by atoms with Gasteiger partial charge in [-0.2, -0.15) is 0 Å². The number of aromatic nitrogens is 1. The highest BCUT2D eigenvalue weighted by Gasteiger charge is 2.27. The van der Waals surface area contributed by atoms with Gasteiger partial charge < -0.3 is 4.74 Å². The van der Waals surface area contributed by atoms with Crippen LogP contribution in [0.1, 0.15) is 50.8 Å². The number of hydrogen-bond acceptors (Lipinski definition) is 2. The lowest BCUT2D eigenvalue weighted by molar-refractivity contribution is 0.00979. The highest BCUT2D eigenvalue weighted by molar-refractivity contribution is 5.08. The van der Waals surface area contributed by atoms with E-state index < -0.39 is 0 Å². The molecule has 1 aliphatic rings. The van der Waals surface area contributed by atoms with E-state index in [1.807, 2.05) is 12.3 Å². The molecule has 1 aromatic heterocycles. The summed E-state index contributed by atoms with van der Waals surface area (Å²) in [5, 5.41) is 0. The molecule has 88 valence electrons. The lowest BCUT2D eigenvalue weighted by Gasteiger charge is -2.23. The number of pyridine rings is 1. The monoisotopic (exact) mass is 219 g/mol. The van der Waals surface area contributed by atoms with E-state index in [9.17, 15) is 0 Å². The number of hydrogen-bond donors (Lipinski definition) is 0. The Morgan fingerprint density at radius 1 is 1.38 bits per heavy atom. The fourth-order valence-electron chi connectivity index (χ4n) is 2.51. The fourth-order valence-corrected chi connectivity index (χ4v) is 2.51. The SMILES string of the molecule is CCCOC(c1ccccn1)C1CCCC1. The van der Waals surface area contributed by atoms with Crippen LogP contribution in [0, 0.1) is 5.92 Å². The van der Waals surface area contributed by atoms with Crippen molar-refractivity contribution in [3.05, 3.63) is 30.1 Å². The average molecular weight is 219 g/mol. The Bertz CT molecular complexity index is 293. The van der Waals surface area contributed by atoms with Crippen LogP contribution in [0.15, 0.2) is 24.4 Å². The summed E-state index contributed by atoms with van der Waals surface area (Å²) in [6.07, 6.45) is 8.47. The number of ether oxygens (including phenoxy) is 1. The largest absolute Gasteiger partial charge is 0.372 e. The highest BCUT2D eigenvalue weighted by atomic mass is 16.5. The molecule has 1 atom stereocenters. The third kappa shape index (κ3) is 2.82. The number of nitrogens with zero attached hydrogens (tertiary/aromatic N) is 1. The molecule has 2 rings (SSSR count). The van der Waals surface area contributed by atoms with Crippen molar-refractivity contribution >= 4 is 0 Å². The Morgan fingerprint density at radius 3 is 2.81 bits per heavy atom.